The van der Waals surface area contributed by atoms with Crippen LogP contribution < -0.4 is 0 Å². The molecule has 4 atom stereocenters. The van der Waals surface area contributed by atoms with Gasteiger partial charge >= 0.3 is 17.9 Å². The molecular formula is C12H17NO8. The van der Waals surface area contributed by atoms with E-state index in [4.69, 9.17) is 24.2 Å². The highest BCUT2D eigenvalue weighted by molar-refractivity contribution is 5.70. The largest absolute Gasteiger partial charge is 0.456 e. The average molecular weight is 303 g/mol. The van der Waals surface area contributed by atoms with Gasteiger partial charge in [-0.15, -0.1) is 0 Å². The van der Waals surface area contributed by atoms with Crippen LogP contribution in [0.5, 0.6) is 0 Å². The monoisotopic (exact) mass is 303 g/mol. The number of oxime groups is 1. The Bertz CT molecular complexity index is 435. The molecule has 9 nitrogen and oxygen atoms in total. The number of ether oxygens (including phenoxy) is 4. The minimum Gasteiger partial charge on any atom is -0.456 e. The first-order valence-corrected chi connectivity index (χ1v) is 6.16. The van der Waals surface area contributed by atoms with Gasteiger partial charge in [0, 0.05) is 20.8 Å². The van der Waals surface area contributed by atoms with Crippen LogP contribution in [0, 0.1) is 0 Å². The standard InChI is InChI=1S/C12H17NO8/c1-6(14)19-10-5-18-9(4-13-17)11(20-7(2)15)12(10)21-8(3)16/h4,9-12,17H,5H2,1-3H3/b13-4-/t9-,10+,11-,12-/m0/s1. The van der Waals surface area contributed by atoms with Crippen molar-refractivity contribution >= 4 is 24.1 Å². The van der Waals surface area contributed by atoms with E-state index in [-0.39, 0.29) is 6.61 Å². The van der Waals surface area contributed by atoms with Gasteiger partial charge in [-0.3, -0.25) is 14.4 Å². The molecular weight excluding hydrogens is 286 g/mol. The predicted octanol–water partition coefficient (Wildman–Crippen LogP) is -0.360. The molecule has 0 aromatic heterocycles. The van der Waals surface area contributed by atoms with Crippen LogP contribution >= 0.6 is 0 Å². The topological polar surface area (TPSA) is 121 Å². The molecule has 0 amide bonds. The molecule has 0 aliphatic carbocycles. The van der Waals surface area contributed by atoms with Gasteiger partial charge in [0.15, 0.2) is 18.3 Å². The van der Waals surface area contributed by atoms with E-state index in [2.05, 4.69) is 5.16 Å². The van der Waals surface area contributed by atoms with Gasteiger partial charge in [0.05, 0.1) is 12.8 Å². The van der Waals surface area contributed by atoms with Gasteiger partial charge in [-0.1, -0.05) is 5.16 Å². The predicted molar refractivity (Wildman–Crippen MR) is 66.7 cm³/mol. The van der Waals surface area contributed by atoms with Crippen LogP contribution in [0.4, 0.5) is 0 Å². The van der Waals surface area contributed by atoms with Crippen molar-refractivity contribution in [2.45, 2.75) is 45.2 Å². The Morgan fingerprint density at radius 3 is 2.05 bits per heavy atom. The fraction of sp³-hybridized carbons (Fsp3) is 0.667. The molecule has 118 valence electrons. The van der Waals surface area contributed by atoms with Crippen molar-refractivity contribution in [3.05, 3.63) is 0 Å². The van der Waals surface area contributed by atoms with Crippen molar-refractivity contribution in [2.75, 3.05) is 6.61 Å². The molecule has 1 fully saturated rings. The Morgan fingerprint density at radius 2 is 1.57 bits per heavy atom. The van der Waals surface area contributed by atoms with E-state index in [1.165, 1.54) is 13.8 Å². The summed E-state index contributed by atoms with van der Waals surface area (Å²) < 4.78 is 20.4. The lowest BCUT2D eigenvalue weighted by molar-refractivity contribution is -0.215. The molecule has 0 spiro atoms. The maximum Gasteiger partial charge on any atom is 0.303 e. The number of esters is 3. The van der Waals surface area contributed by atoms with Gasteiger partial charge in [-0.2, -0.15) is 0 Å². The highest BCUT2D eigenvalue weighted by atomic mass is 16.6. The second-order valence-corrected chi connectivity index (χ2v) is 4.36. The summed E-state index contributed by atoms with van der Waals surface area (Å²) in [5.74, 6) is -1.90. The lowest BCUT2D eigenvalue weighted by Gasteiger charge is -2.39. The van der Waals surface area contributed by atoms with Gasteiger partial charge in [0.25, 0.3) is 0 Å². The summed E-state index contributed by atoms with van der Waals surface area (Å²) in [4.78, 5) is 33.5. The van der Waals surface area contributed by atoms with Gasteiger partial charge in [0.2, 0.25) is 0 Å². The van der Waals surface area contributed by atoms with E-state index in [1.54, 1.807) is 0 Å². The van der Waals surface area contributed by atoms with E-state index in [9.17, 15) is 14.4 Å². The van der Waals surface area contributed by atoms with Crippen molar-refractivity contribution in [3.63, 3.8) is 0 Å². The second-order valence-electron chi connectivity index (χ2n) is 4.36. The third kappa shape index (κ3) is 5.03. The fourth-order valence-corrected chi connectivity index (χ4v) is 1.96. The van der Waals surface area contributed by atoms with E-state index >= 15 is 0 Å². The van der Waals surface area contributed by atoms with E-state index in [1.807, 2.05) is 0 Å². The molecule has 9 heteroatoms. The SMILES string of the molecule is CC(=O)O[C@@H]1[C@@H](OC(C)=O)[C@H](OC(C)=O)CO[C@H]1/C=N\O. The first-order valence-electron chi connectivity index (χ1n) is 6.16. The Kier molecular flexibility index (Phi) is 6.10. The summed E-state index contributed by atoms with van der Waals surface area (Å²) >= 11 is 0. The highest BCUT2D eigenvalue weighted by Crippen LogP contribution is 2.23. The molecule has 1 heterocycles. The lowest BCUT2D eigenvalue weighted by Crippen LogP contribution is -2.57. The van der Waals surface area contributed by atoms with Crippen molar-refractivity contribution in [3.8, 4) is 0 Å². The summed E-state index contributed by atoms with van der Waals surface area (Å²) in [6.45, 7) is 3.41. The van der Waals surface area contributed by atoms with E-state index in [0.29, 0.717) is 0 Å². The minimum atomic E-state index is -1.10. The van der Waals surface area contributed by atoms with Crippen LogP contribution in [0.15, 0.2) is 5.16 Å². The summed E-state index contributed by atoms with van der Waals surface area (Å²) in [5, 5.41) is 11.4. The van der Waals surface area contributed by atoms with Gasteiger partial charge in [0.1, 0.15) is 6.10 Å². The first-order chi connectivity index (χ1) is 9.85. The minimum absolute atomic E-state index is 0.105. The normalized spacial score (nSPS) is 28.9. The summed E-state index contributed by atoms with van der Waals surface area (Å²) in [7, 11) is 0. The lowest BCUT2D eigenvalue weighted by atomic mass is 10.00. The molecule has 1 rings (SSSR count). The molecule has 0 unspecified atom stereocenters. The van der Waals surface area contributed by atoms with Crippen molar-refractivity contribution < 1.29 is 38.5 Å². The Labute approximate surface area is 120 Å². The van der Waals surface area contributed by atoms with Crippen LogP contribution in [-0.4, -0.2) is 60.4 Å². The van der Waals surface area contributed by atoms with Crippen molar-refractivity contribution in [2.24, 2.45) is 5.16 Å². The molecule has 0 aromatic rings. The van der Waals surface area contributed by atoms with E-state index in [0.717, 1.165) is 13.1 Å². The number of hydrogen-bond donors (Lipinski definition) is 1. The Balaban J connectivity index is 3.03. The van der Waals surface area contributed by atoms with Crippen molar-refractivity contribution in [1.82, 2.24) is 0 Å². The quantitative estimate of drug-likeness (QED) is 0.246. The molecule has 1 N–H and O–H groups in total. The van der Waals surface area contributed by atoms with E-state index < -0.39 is 42.3 Å². The second kappa shape index (κ2) is 7.58. The molecule has 1 aliphatic rings. The average Bonchev–Trinajstić information content (AvgIpc) is 2.35. The molecule has 0 saturated carbocycles. The number of carbonyl (C=O) groups is 3. The first kappa shape index (κ1) is 16.9. The van der Waals surface area contributed by atoms with Crippen LogP contribution in [0.2, 0.25) is 0 Å². The molecule has 1 aliphatic heterocycles. The third-order valence-corrected chi connectivity index (χ3v) is 2.60. The smallest absolute Gasteiger partial charge is 0.303 e. The zero-order valence-electron chi connectivity index (χ0n) is 11.8. The molecule has 21 heavy (non-hydrogen) atoms. The van der Waals surface area contributed by atoms with Crippen LogP contribution in [0.25, 0.3) is 0 Å². The summed E-state index contributed by atoms with van der Waals surface area (Å²) in [6.07, 6.45) is -3.03. The molecule has 0 bridgehead atoms. The van der Waals surface area contributed by atoms with Crippen molar-refractivity contribution in [1.29, 1.82) is 0 Å². The zero-order valence-corrected chi connectivity index (χ0v) is 11.8. The summed E-state index contributed by atoms with van der Waals surface area (Å²) in [5.41, 5.74) is 0. The number of nitrogens with zero attached hydrogens (tertiary/aromatic N) is 1. The molecule has 0 aromatic carbocycles. The highest BCUT2D eigenvalue weighted by Gasteiger charge is 2.46. The van der Waals surface area contributed by atoms with Gasteiger partial charge < -0.3 is 24.2 Å². The van der Waals surface area contributed by atoms with Crippen LogP contribution in [-0.2, 0) is 33.3 Å². The maximum absolute atomic E-state index is 11.2. The van der Waals surface area contributed by atoms with Gasteiger partial charge in [-0.05, 0) is 0 Å². The van der Waals surface area contributed by atoms with Crippen LogP contribution in [0.1, 0.15) is 20.8 Å². The number of carbonyl (C=O) groups excluding carboxylic acids is 3. The zero-order chi connectivity index (χ0) is 16.0. The summed E-state index contributed by atoms with van der Waals surface area (Å²) in [6, 6.07) is 0. The Morgan fingerprint density at radius 1 is 1.05 bits per heavy atom. The Hall–Kier alpha value is -2.16. The van der Waals surface area contributed by atoms with Crippen LogP contribution in [0.3, 0.4) is 0 Å². The van der Waals surface area contributed by atoms with Gasteiger partial charge in [-0.25, -0.2) is 0 Å². The third-order valence-electron chi connectivity index (χ3n) is 2.60. The number of hydrogen-bond acceptors (Lipinski definition) is 9. The molecule has 0 radical (unpaired) electrons. The molecule has 1 saturated heterocycles. The maximum atomic E-state index is 11.2. The number of rotatable bonds is 4. The fourth-order valence-electron chi connectivity index (χ4n) is 1.96.